The second-order valence-corrected chi connectivity index (χ2v) is 7.23. The summed E-state index contributed by atoms with van der Waals surface area (Å²) in [6.07, 6.45) is 5.23. The molecule has 1 amide bonds. The molecule has 1 aliphatic heterocycles. The number of Topliss-reactive ketones (excluding diaryl/α,β-unsaturated/α-hetero) is 1. The van der Waals surface area contributed by atoms with Gasteiger partial charge in [0.15, 0.2) is 5.78 Å². The maximum absolute atomic E-state index is 13.0. The summed E-state index contributed by atoms with van der Waals surface area (Å²) in [6, 6.07) is 11.1. The van der Waals surface area contributed by atoms with E-state index in [1.54, 1.807) is 30.3 Å². The first-order valence-electron chi connectivity index (χ1n) is 9.48. The number of imidazole rings is 1. The Bertz CT molecular complexity index is 1040. The zero-order valence-corrected chi connectivity index (χ0v) is 16.1. The highest BCUT2D eigenvalue weighted by atomic mass is 16.5. The molecule has 4 rings (SSSR count). The van der Waals surface area contributed by atoms with E-state index < -0.39 is 0 Å². The maximum Gasteiger partial charge on any atom is 0.274 e. The molecule has 0 unspecified atom stereocenters. The highest BCUT2D eigenvalue weighted by molar-refractivity contribution is 5.99. The quantitative estimate of drug-likeness (QED) is 0.654. The molecule has 6 heteroatoms. The van der Waals surface area contributed by atoms with Crippen molar-refractivity contribution in [1.29, 1.82) is 0 Å². The Morgan fingerprint density at radius 1 is 1.21 bits per heavy atom. The number of fused-ring (bicyclic) bond motifs is 1. The van der Waals surface area contributed by atoms with Crippen LogP contribution in [0.15, 0.2) is 48.8 Å². The number of aromatic nitrogens is 2. The van der Waals surface area contributed by atoms with E-state index in [0.29, 0.717) is 30.1 Å². The van der Waals surface area contributed by atoms with Gasteiger partial charge in [0, 0.05) is 37.0 Å². The molecule has 3 heterocycles. The molecule has 3 aromatic rings. The standard InChI is InChI=1S/C22H23N3O3/c1-15-6-4-10-24-14-19(23-21(15)24)22(27)25-11-5-8-17(13-25)20(26)16-7-3-9-18(12-16)28-2/h3-4,6-7,9-10,12,14,17H,5,8,11,13H2,1-2H3/t17-/m1/s1. The predicted molar refractivity (Wildman–Crippen MR) is 106 cm³/mol. The van der Waals surface area contributed by atoms with Crippen LogP contribution in [-0.4, -0.2) is 46.2 Å². The van der Waals surface area contributed by atoms with Crippen molar-refractivity contribution in [2.45, 2.75) is 19.8 Å². The van der Waals surface area contributed by atoms with Gasteiger partial charge in [-0.3, -0.25) is 9.59 Å². The van der Waals surface area contributed by atoms with Gasteiger partial charge in [0.25, 0.3) is 5.91 Å². The first-order chi connectivity index (χ1) is 13.6. The van der Waals surface area contributed by atoms with Gasteiger partial charge in [-0.2, -0.15) is 0 Å². The molecule has 6 nitrogen and oxygen atoms in total. The van der Waals surface area contributed by atoms with Gasteiger partial charge in [0.05, 0.1) is 7.11 Å². The third kappa shape index (κ3) is 3.38. The monoisotopic (exact) mass is 377 g/mol. The summed E-state index contributed by atoms with van der Waals surface area (Å²) in [5.74, 6) is 0.395. The second kappa shape index (κ2) is 7.46. The Balaban J connectivity index is 1.53. The minimum Gasteiger partial charge on any atom is -0.497 e. The Morgan fingerprint density at radius 2 is 2.07 bits per heavy atom. The fourth-order valence-electron chi connectivity index (χ4n) is 3.81. The van der Waals surface area contributed by atoms with Crippen molar-refractivity contribution in [1.82, 2.24) is 14.3 Å². The van der Waals surface area contributed by atoms with Crippen LogP contribution in [0.3, 0.4) is 0 Å². The van der Waals surface area contributed by atoms with E-state index in [2.05, 4.69) is 4.98 Å². The first kappa shape index (κ1) is 18.2. The van der Waals surface area contributed by atoms with Crippen LogP contribution >= 0.6 is 0 Å². The molecular weight excluding hydrogens is 354 g/mol. The molecule has 0 saturated carbocycles. The fourth-order valence-corrected chi connectivity index (χ4v) is 3.81. The molecule has 0 N–H and O–H groups in total. The number of piperidine rings is 1. The lowest BCUT2D eigenvalue weighted by Gasteiger charge is -2.31. The van der Waals surface area contributed by atoms with Crippen molar-refractivity contribution in [3.63, 3.8) is 0 Å². The number of rotatable bonds is 4. The number of ketones is 1. The van der Waals surface area contributed by atoms with E-state index in [9.17, 15) is 9.59 Å². The van der Waals surface area contributed by atoms with Gasteiger partial charge in [0.1, 0.15) is 17.1 Å². The van der Waals surface area contributed by atoms with Crippen molar-refractivity contribution in [3.8, 4) is 5.75 Å². The summed E-state index contributed by atoms with van der Waals surface area (Å²) in [5.41, 5.74) is 2.85. The molecule has 1 aliphatic rings. The number of carbonyl (C=O) groups excluding carboxylic acids is 2. The van der Waals surface area contributed by atoms with Gasteiger partial charge < -0.3 is 14.0 Å². The van der Waals surface area contributed by atoms with Crippen molar-refractivity contribution >= 4 is 17.3 Å². The molecule has 2 aromatic heterocycles. The molecule has 144 valence electrons. The van der Waals surface area contributed by atoms with Crippen LogP contribution in [-0.2, 0) is 0 Å². The molecule has 1 saturated heterocycles. The Morgan fingerprint density at radius 3 is 2.86 bits per heavy atom. The minimum absolute atomic E-state index is 0.0576. The van der Waals surface area contributed by atoms with Gasteiger partial charge in [-0.05, 0) is 43.5 Å². The number of nitrogens with zero attached hydrogens (tertiary/aromatic N) is 3. The highest BCUT2D eigenvalue weighted by Crippen LogP contribution is 2.24. The number of aryl methyl sites for hydroxylation is 1. The first-order valence-corrected chi connectivity index (χ1v) is 9.48. The average Bonchev–Trinajstić information content (AvgIpc) is 3.18. The Labute approximate surface area is 163 Å². The van der Waals surface area contributed by atoms with E-state index in [1.165, 1.54) is 0 Å². The van der Waals surface area contributed by atoms with E-state index >= 15 is 0 Å². The number of ether oxygens (including phenoxy) is 1. The third-order valence-corrected chi connectivity index (χ3v) is 5.33. The van der Waals surface area contributed by atoms with Crippen LogP contribution in [0.5, 0.6) is 5.75 Å². The summed E-state index contributed by atoms with van der Waals surface area (Å²) in [7, 11) is 1.58. The molecule has 1 aromatic carbocycles. The maximum atomic E-state index is 13.0. The molecular formula is C22H23N3O3. The lowest BCUT2D eigenvalue weighted by atomic mass is 9.90. The van der Waals surface area contributed by atoms with E-state index in [0.717, 1.165) is 24.1 Å². The van der Waals surface area contributed by atoms with E-state index in [1.807, 2.05) is 41.8 Å². The van der Waals surface area contributed by atoms with Crippen LogP contribution in [0.4, 0.5) is 0 Å². The van der Waals surface area contributed by atoms with Crippen LogP contribution in [0.2, 0.25) is 0 Å². The number of hydrogen-bond donors (Lipinski definition) is 0. The van der Waals surface area contributed by atoms with E-state index in [4.69, 9.17) is 4.74 Å². The summed E-state index contributed by atoms with van der Waals surface area (Å²) in [5, 5.41) is 0. The Hall–Kier alpha value is -3.15. The molecule has 0 radical (unpaired) electrons. The number of methoxy groups -OCH3 is 1. The molecule has 0 spiro atoms. The average molecular weight is 377 g/mol. The van der Waals surface area contributed by atoms with Gasteiger partial charge in [-0.25, -0.2) is 4.98 Å². The number of hydrogen-bond acceptors (Lipinski definition) is 4. The minimum atomic E-state index is -0.205. The number of carbonyl (C=O) groups is 2. The summed E-state index contributed by atoms with van der Waals surface area (Å²) in [6.45, 7) is 3.04. The highest BCUT2D eigenvalue weighted by Gasteiger charge is 2.30. The zero-order valence-electron chi connectivity index (χ0n) is 16.1. The van der Waals surface area contributed by atoms with Crippen LogP contribution in [0.1, 0.15) is 39.3 Å². The SMILES string of the molecule is COc1cccc(C(=O)[C@@H]2CCCN(C(=O)c3cn4cccc(C)c4n3)C2)c1. The topological polar surface area (TPSA) is 63.9 Å². The van der Waals surface area contributed by atoms with Gasteiger partial charge in [-0.15, -0.1) is 0 Å². The molecule has 1 atom stereocenters. The molecule has 0 bridgehead atoms. The summed E-state index contributed by atoms with van der Waals surface area (Å²) in [4.78, 5) is 32.2. The van der Waals surface area contributed by atoms with Crippen molar-refractivity contribution in [3.05, 3.63) is 65.6 Å². The number of pyridine rings is 1. The normalized spacial score (nSPS) is 16.9. The predicted octanol–water partition coefficient (Wildman–Crippen LogP) is 3.39. The largest absolute Gasteiger partial charge is 0.497 e. The summed E-state index contributed by atoms with van der Waals surface area (Å²) >= 11 is 0. The van der Waals surface area contributed by atoms with Crippen LogP contribution in [0.25, 0.3) is 5.65 Å². The lowest BCUT2D eigenvalue weighted by Crippen LogP contribution is -2.42. The van der Waals surface area contributed by atoms with Gasteiger partial charge in [-0.1, -0.05) is 18.2 Å². The molecule has 1 fully saturated rings. The van der Waals surface area contributed by atoms with Crippen molar-refractivity contribution < 1.29 is 14.3 Å². The van der Waals surface area contributed by atoms with Crippen LogP contribution < -0.4 is 4.74 Å². The molecule has 0 aliphatic carbocycles. The lowest BCUT2D eigenvalue weighted by molar-refractivity contribution is 0.0632. The van der Waals surface area contributed by atoms with Crippen molar-refractivity contribution in [2.24, 2.45) is 5.92 Å². The zero-order chi connectivity index (χ0) is 19.7. The summed E-state index contributed by atoms with van der Waals surface area (Å²) < 4.78 is 7.09. The van der Waals surface area contributed by atoms with Gasteiger partial charge in [0.2, 0.25) is 0 Å². The second-order valence-electron chi connectivity index (χ2n) is 7.23. The smallest absolute Gasteiger partial charge is 0.274 e. The number of amides is 1. The third-order valence-electron chi connectivity index (χ3n) is 5.33. The Kier molecular flexibility index (Phi) is 4.86. The van der Waals surface area contributed by atoms with Crippen molar-refractivity contribution in [2.75, 3.05) is 20.2 Å². The molecule has 28 heavy (non-hydrogen) atoms. The fraction of sp³-hybridized carbons (Fsp3) is 0.318. The number of likely N-dealkylation sites (tertiary alicyclic amines) is 1. The van der Waals surface area contributed by atoms with Crippen LogP contribution in [0, 0.1) is 12.8 Å². The van der Waals surface area contributed by atoms with E-state index in [-0.39, 0.29) is 17.6 Å². The van der Waals surface area contributed by atoms with Gasteiger partial charge >= 0.3 is 0 Å². The number of benzene rings is 1.